The molecule has 0 saturated carbocycles. The molecule has 0 aliphatic carbocycles. The van der Waals surface area contributed by atoms with E-state index in [9.17, 15) is 4.79 Å². The Morgan fingerprint density at radius 3 is 2.68 bits per heavy atom. The SMILES string of the molecule is O=c1cccc2n1C[C@H]1C[C@@H]2CN(CCCN2CCCC2)C1. The molecule has 2 saturated heterocycles. The fourth-order valence-electron chi connectivity index (χ4n) is 4.70. The predicted molar refractivity (Wildman–Crippen MR) is 88.3 cm³/mol. The molecule has 2 fully saturated rings. The molecule has 0 radical (unpaired) electrons. The smallest absolute Gasteiger partial charge is 0.250 e. The normalized spacial score (nSPS) is 28.7. The second-order valence-electron chi connectivity index (χ2n) is 7.36. The van der Waals surface area contributed by atoms with Crippen molar-refractivity contribution in [3.63, 3.8) is 0 Å². The van der Waals surface area contributed by atoms with E-state index in [0.717, 1.165) is 13.1 Å². The van der Waals surface area contributed by atoms with Gasteiger partial charge < -0.3 is 14.4 Å². The fraction of sp³-hybridized carbons (Fsp3) is 0.722. The van der Waals surface area contributed by atoms with Gasteiger partial charge in [0.05, 0.1) is 0 Å². The van der Waals surface area contributed by atoms with Crippen LogP contribution in [0.25, 0.3) is 0 Å². The zero-order valence-corrected chi connectivity index (χ0v) is 13.4. The number of fused-ring (bicyclic) bond motifs is 4. The minimum absolute atomic E-state index is 0.190. The van der Waals surface area contributed by atoms with Gasteiger partial charge in [0.2, 0.25) is 0 Å². The van der Waals surface area contributed by atoms with Gasteiger partial charge in [0.1, 0.15) is 0 Å². The molecule has 4 heterocycles. The Kier molecular flexibility index (Phi) is 4.05. The average molecular weight is 301 g/mol. The van der Waals surface area contributed by atoms with Crippen LogP contribution in [0.15, 0.2) is 23.0 Å². The molecule has 120 valence electrons. The van der Waals surface area contributed by atoms with Gasteiger partial charge in [-0.1, -0.05) is 6.07 Å². The van der Waals surface area contributed by atoms with E-state index in [1.807, 2.05) is 10.6 Å². The Hall–Kier alpha value is -1.13. The summed E-state index contributed by atoms with van der Waals surface area (Å²) in [6, 6.07) is 5.80. The number of nitrogens with zero attached hydrogens (tertiary/aromatic N) is 3. The van der Waals surface area contributed by atoms with Crippen molar-refractivity contribution in [2.24, 2.45) is 5.92 Å². The highest BCUT2D eigenvalue weighted by molar-refractivity contribution is 5.16. The molecule has 0 spiro atoms. The van der Waals surface area contributed by atoms with Gasteiger partial charge in [-0.2, -0.15) is 0 Å². The van der Waals surface area contributed by atoms with Crippen molar-refractivity contribution in [2.45, 2.75) is 38.1 Å². The molecule has 4 heteroatoms. The van der Waals surface area contributed by atoms with E-state index in [4.69, 9.17) is 0 Å². The first-order valence-corrected chi connectivity index (χ1v) is 8.94. The molecule has 22 heavy (non-hydrogen) atoms. The lowest BCUT2D eigenvalue weighted by molar-refractivity contribution is 0.116. The molecule has 2 atom stereocenters. The van der Waals surface area contributed by atoms with Gasteiger partial charge in [-0.25, -0.2) is 0 Å². The Bertz CT molecular complexity index is 576. The highest BCUT2D eigenvalue weighted by atomic mass is 16.1. The van der Waals surface area contributed by atoms with Gasteiger partial charge in [0, 0.05) is 37.3 Å². The quantitative estimate of drug-likeness (QED) is 0.848. The lowest BCUT2D eigenvalue weighted by Gasteiger charge is -2.43. The van der Waals surface area contributed by atoms with Gasteiger partial charge >= 0.3 is 0 Å². The van der Waals surface area contributed by atoms with Crippen molar-refractivity contribution in [1.82, 2.24) is 14.4 Å². The van der Waals surface area contributed by atoms with Gasteiger partial charge in [-0.3, -0.25) is 4.79 Å². The van der Waals surface area contributed by atoms with E-state index < -0.39 is 0 Å². The number of piperidine rings is 1. The summed E-state index contributed by atoms with van der Waals surface area (Å²) in [5.74, 6) is 1.23. The standard InChI is InChI=1S/C18H27N3O/c22-18-6-3-5-17-16-11-15(13-21(17)18)12-20(14-16)10-4-9-19-7-1-2-8-19/h3,5-6,15-16H,1-2,4,7-14H2/t15-,16+/m0/s1. The van der Waals surface area contributed by atoms with Crippen molar-refractivity contribution in [3.05, 3.63) is 34.2 Å². The maximum atomic E-state index is 12.0. The third kappa shape index (κ3) is 2.86. The number of likely N-dealkylation sites (tertiary alicyclic amines) is 2. The summed E-state index contributed by atoms with van der Waals surface area (Å²) in [6.45, 7) is 8.34. The fourth-order valence-corrected chi connectivity index (χ4v) is 4.70. The number of rotatable bonds is 4. The number of hydrogen-bond acceptors (Lipinski definition) is 3. The molecule has 0 N–H and O–H groups in total. The predicted octanol–water partition coefficient (Wildman–Crippen LogP) is 1.75. The molecular weight excluding hydrogens is 274 g/mol. The zero-order chi connectivity index (χ0) is 14.9. The minimum atomic E-state index is 0.190. The zero-order valence-electron chi connectivity index (χ0n) is 13.4. The number of aromatic nitrogens is 1. The summed E-state index contributed by atoms with van der Waals surface area (Å²) in [7, 11) is 0. The van der Waals surface area contributed by atoms with Crippen LogP contribution in [0.2, 0.25) is 0 Å². The summed E-state index contributed by atoms with van der Waals surface area (Å²) in [6.07, 6.45) is 5.34. The molecule has 0 aromatic carbocycles. The first-order valence-electron chi connectivity index (χ1n) is 8.94. The second kappa shape index (κ2) is 6.17. The highest BCUT2D eigenvalue weighted by Crippen LogP contribution is 2.34. The van der Waals surface area contributed by atoms with Gasteiger partial charge in [0.15, 0.2) is 0 Å². The second-order valence-corrected chi connectivity index (χ2v) is 7.36. The summed E-state index contributed by atoms with van der Waals surface area (Å²) in [4.78, 5) is 17.3. The number of pyridine rings is 1. The van der Waals surface area contributed by atoms with Gasteiger partial charge in [-0.15, -0.1) is 0 Å². The van der Waals surface area contributed by atoms with Crippen LogP contribution in [0, 0.1) is 5.92 Å². The van der Waals surface area contributed by atoms with E-state index in [1.54, 1.807) is 6.07 Å². The Balaban J connectivity index is 1.37. The van der Waals surface area contributed by atoms with Crippen LogP contribution in [-0.2, 0) is 6.54 Å². The molecule has 3 aliphatic heterocycles. The summed E-state index contributed by atoms with van der Waals surface area (Å²) < 4.78 is 2.03. The molecule has 3 aliphatic rings. The van der Waals surface area contributed by atoms with E-state index >= 15 is 0 Å². The Labute approximate surface area is 132 Å². The van der Waals surface area contributed by atoms with Crippen LogP contribution in [0.1, 0.15) is 37.3 Å². The molecule has 4 nitrogen and oxygen atoms in total. The summed E-state index contributed by atoms with van der Waals surface area (Å²) in [5, 5.41) is 0. The lowest BCUT2D eigenvalue weighted by Crippen LogP contribution is -2.47. The largest absolute Gasteiger partial charge is 0.312 e. The van der Waals surface area contributed by atoms with Crippen molar-refractivity contribution in [3.8, 4) is 0 Å². The van der Waals surface area contributed by atoms with Crippen LogP contribution >= 0.6 is 0 Å². The molecule has 0 unspecified atom stereocenters. The van der Waals surface area contributed by atoms with Crippen molar-refractivity contribution in [1.29, 1.82) is 0 Å². The molecule has 0 amide bonds. The van der Waals surface area contributed by atoms with Crippen molar-refractivity contribution < 1.29 is 0 Å². The van der Waals surface area contributed by atoms with Crippen molar-refractivity contribution in [2.75, 3.05) is 39.3 Å². The topological polar surface area (TPSA) is 28.5 Å². The Morgan fingerprint density at radius 2 is 1.82 bits per heavy atom. The maximum absolute atomic E-state index is 12.0. The Morgan fingerprint density at radius 1 is 1.00 bits per heavy atom. The van der Waals surface area contributed by atoms with E-state index in [-0.39, 0.29) is 5.56 Å². The van der Waals surface area contributed by atoms with Crippen LogP contribution in [0.5, 0.6) is 0 Å². The van der Waals surface area contributed by atoms with E-state index in [1.165, 1.54) is 64.1 Å². The molecule has 1 aromatic rings. The van der Waals surface area contributed by atoms with Crippen molar-refractivity contribution >= 4 is 0 Å². The third-order valence-corrected chi connectivity index (χ3v) is 5.70. The van der Waals surface area contributed by atoms with Crippen LogP contribution < -0.4 is 5.56 Å². The molecular formula is C18H27N3O. The molecule has 2 bridgehead atoms. The summed E-state index contributed by atoms with van der Waals surface area (Å²) >= 11 is 0. The monoisotopic (exact) mass is 301 g/mol. The van der Waals surface area contributed by atoms with E-state index in [0.29, 0.717) is 11.8 Å². The van der Waals surface area contributed by atoms with Gasteiger partial charge in [0.25, 0.3) is 5.56 Å². The van der Waals surface area contributed by atoms with Crippen LogP contribution in [0.3, 0.4) is 0 Å². The number of hydrogen-bond donors (Lipinski definition) is 0. The minimum Gasteiger partial charge on any atom is -0.312 e. The molecule has 1 aromatic heterocycles. The maximum Gasteiger partial charge on any atom is 0.250 e. The van der Waals surface area contributed by atoms with Gasteiger partial charge in [-0.05, 0) is 63.8 Å². The lowest BCUT2D eigenvalue weighted by atomic mass is 9.83. The third-order valence-electron chi connectivity index (χ3n) is 5.70. The van der Waals surface area contributed by atoms with Crippen LogP contribution in [0.4, 0.5) is 0 Å². The van der Waals surface area contributed by atoms with E-state index in [2.05, 4.69) is 15.9 Å². The molecule has 4 rings (SSSR count). The van der Waals surface area contributed by atoms with Crippen LogP contribution in [-0.4, -0.2) is 53.6 Å². The first kappa shape index (κ1) is 14.5. The summed E-state index contributed by atoms with van der Waals surface area (Å²) in [5.41, 5.74) is 1.46. The average Bonchev–Trinajstić information content (AvgIpc) is 3.02. The first-order chi connectivity index (χ1) is 10.8. The highest BCUT2D eigenvalue weighted by Gasteiger charge is 2.34.